The van der Waals surface area contributed by atoms with Crippen LogP contribution in [-0.4, -0.2) is 11.5 Å². The molecule has 1 heterocycles. The lowest BCUT2D eigenvalue weighted by atomic mass is 9.95. The van der Waals surface area contributed by atoms with Crippen LogP contribution in [-0.2, 0) is 6.42 Å². The first-order chi connectivity index (χ1) is 6.68. The molecule has 4 nitrogen and oxygen atoms in total. The van der Waals surface area contributed by atoms with E-state index in [9.17, 15) is 10.1 Å². The monoisotopic (exact) mass is 192 g/mol. The summed E-state index contributed by atoms with van der Waals surface area (Å²) in [7, 11) is 0. The Bertz CT molecular complexity index is 376. The SMILES string of the molecule is CC1NCCc2ccc([N+](=O)[O-])cc21. The Balaban J connectivity index is 2.45. The smallest absolute Gasteiger partial charge is 0.269 e. The zero-order valence-corrected chi connectivity index (χ0v) is 7.99. The summed E-state index contributed by atoms with van der Waals surface area (Å²) in [6, 6.07) is 5.34. The second-order valence-corrected chi connectivity index (χ2v) is 3.57. The van der Waals surface area contributed by atoms with Crippen LogP contribution in [0.2, 0.25) is 0 Å². The minimum absolute atomic E-state index is 0.180. The number of hydrogen-bond acceptors (Lipinski definition) is 3. The summed E-state index contributed by atoms with van der Waals surface area (Å²) in [5.41, 5.74) is 2.46. The molecule has 4 heteroatoms. The molecule has 1 aromatic rings. The van der Waals surface area contributed by atoms with Gasteiger partial charge in [0.15, 0.2) is 0 Å². The van der Waals surface area contributed by atoms with Crippen molar-refractivity contribution in [3.63, 3.8) is 0 Å². The van der Waals surface area contributed by atoms with E-state index in [2.05, 4.69) is 5.32 Å². The minimum atomic E-state index is -0.346. The van der Waals surface area contributed by atoms with Gasteiger partial charge in [-0.3, -0.25) is 10.1 Å². The molecule has 1 aliphatic heterocycles. The van der Waals surface area contributed by atoms with Crippen LogP contribution in [0.3, 0.4) is 0 Å². The Morgan fingerprint density at radius 3 is 3.07 bits per heavy atom. The fraction of sp³-hybridized carbons (Fsp3) is 0.400. The highest BCUT2D eigenvalue weighted by Gasteiger charge is 2.18. The van der Waals surface area contributed by atoms with E-state index < -0.39 is 0 Å². The van der Waals surface area contributed by atoms with E-state index in [0.717, 1.165) is 18.5 Å². The van der Waals surface area contributed by atoms with Crippen LogP contribution in [0, 0.1) is 10.1 Å². The predicted octanol–water partition coefficient (Wildman–Crippen LogP) is 1.80. The van der Waals surface area contributed by atoms with Crippen LogP contribution in [0.4, 0.5) is 5.69 Å². The number of nitro groups is 1. The van der Waals surface area contributed by atoms with Crippen LogP contribution < -0.4 is 5.32 Å². The summed E-state index contributed by atoms with van der Waals surface area (Å²) in [5, 5.41) is 13.9. The summed E-state index contributed by atoms with van der Waals surface area (Å²) in [4.78, 5) is 10.2. The molecule has 0 aromatic heterocycles. The molecule has 0 saturated carbocycles. The third-order valence-electron chi connectivity index (χ3n) is 2.65. The number of fused-ring (bicyclic) bond motifs is 1. The van der Waals surface area contributed by atoms with Gasteiger partial charge in [0.05, 0.1) is 4.92 Å². The summed E-state index contributed by atoms with van der Waals surface area (Å²) < 4.78 is 0. The first-order valence-electron chi connectivity index (χ1n) is 4.69. The molecule has 0 fully saturated rings. The van der Waals surface area contributed by atoms with E-state index in [4.69, 9.17) is 0 Å². The number of nitrogens with one attached hydrogen (secondary N) is 1. The highest BCUT2D eigenvalue weighted by molar-refractivity contribution is 5.42. The molecule has 1 atom stereocenters. The van der Waals surface area contributed by atoms with Gasteiger partial charge in [-0.25, -0.2) is 0 Å². The molecular formula is C10H12N2O2. The van der Waals surface area contributed by atoms with Crippen LogP contribution in [0.1, 0.15) is 24.1 Å². The Morgan fingerprint density at radius 1 is 1.57 bits per heavy atom. The largest absolute Gasteiger partial charge is 0.310 e. The standard InChI is InChI=1S/C10H12N2O2/c1-7-10-6-9(12(13)14)3-2-8(10)4-5-11-7/h2-3,6-7,11H,4-5H2,1H3. The van der Waals surface area contributed by atoms with Crippen molar-refractivity contribution in [1.82, 2.24) is 5.32 Å². The normalized spacial score (nSPS) is 20.2. The van der Waals surface area contributed by atoms with Crippen LogP contribution >= 0.6 is 0 Å². The Morgan fingerprint density at radius 2 is 2.36 bits per heavy atom. The zero-order valence-electron chi connectivity index (χ0n) is 7.99. The molecule has 1 unspecified atom stereocenters. The highest BCUT2D eigenvalue weighted by atomic mass is 16.6. The van der Waals surface area contributed by atoms with E-state index in [-0.39, 0.29) is 16.7 Å². The maximum atomic E-state index is 10.6. The second-order valence-electron chi connectivity index (χ2n) is 3.57. The van der Waals surface area contributed by atoms with Gasteiger partial charge in [0, 0.05) is 18.2 Å². The maximum absolute atomic E-state index is 10.6. The molecular weight excluding hydrogens is 180 g/mol. The Labute approximate surface area is 82.1 Å². The lowest BCUT2D eigenvalue weighted by Crippen LogP contribution is -2.27. The molecule has 14 heavy (non-hydrogen) atoms. The van der Waals surface area contributed by atoms with Crippen molar-refractivity contribution in [2.45, 2.75) is 19.4 Å². The first-order valence-corrected chi connectivity index (χ1v) is 4.69. The van der Waals surface area contributed by atoms with E-state index in [1.54, 1.807) is 12.1 Å². The molecule has 2 rings (SSSR count). The summed E-state index contributed by atoms with van der Waals surface area (Å²) >= 11 is 0. The number of benzene rings is 1. The molecule has 0 amide bonds. The quantitative estimate of drug-likeness (QED) is 0.545. The fourth-order valence-corrected chi connectivity index (χ4v) is 1.86. The van der Waals surface area contributed by atoms with Crippen molar-refractivity contribution >= 4 is 5.69 Å². The molecule has 0 spiro atoms. The molecule has 1 aromatic carbocycles. The molecule has 0 aliphatic carbocycles. The fourth-order valence-electron chi connectivity index (χ4n) is 1.86. The van der Waals surface area contributed by atoms with Crippen molar-refractivity contribution in [3.05, 3.63) is 39.4 Å². The van der Waals surface area contributed by atoms with Crippen molar-refractivity contribution in [2.75, 3.05) is 6.54 Å². The number of nitro benzene ring substituents is 1. The van der Waals surface area contributed by atoms with Crippen molar-refractivity contribution in [3.8, 4) is 0 Å². The van der Waals surface area contributed by atoms with Crippen LogP contribution in [0.25, 0.3) is 0 Å². The maximum Gasteiger partial charge on any atom is 0.269 e. The Kier molecular flexibility index (Phi) is 2.21. The summed E-state index contributed by atoms with van der Waals surface area (Å²) in [5.74, 6) is 0. The summed E-state index contributed by atoms with van der Waals surface area (Å²) in [6.07, 6.45) is 0.956. The topological polar surface area (TPSA) is 55.2 Å². The predicted molar refractivity (Wildman–Crippen MR) is 53.2 cm³/mol. The lowest BCUT2D eigenvalue weighted by Gasteiger charge is -2.23. The number of rotatable bonds is 1. The van der Waals surface area contributed by atoms with Gasteiger partial charge in [-0.15, -0.1) is 0 Å². The van der Waals surface area contributed by atoms with Crippen molar-refractivity contribution in [1.29, 1.82) is 0 Å². The van der Waals surface area contributed by atoms with E-state index in [1.165, 1.54) is 5.56 Å². The molecule has 1 N–H and O–H groups in total. The van der Waals surface area contributed by atoms with E-state index >= 15 is 0 Å². The van der Waals surface area contributed by atoms with Gasteiger partial charge < -0.3 is 5.32 Å². The second kappa shape index (κ2) is 3.38. The minimum Gasteiger partial charge on any atom is -0.310 e. The van der Waals surface area contributed by atoms with Gasteiger partial charge in [-0.2, -0.15) is 0 Å². The number of hydrogen-bond donors (Lipinski definition) is 1. The number of non-ortho nitro benzene ring substituents is 1. The molecule has 0 bridgehead atoms. The third-order valence-corrected chi connectivity index (χ3v) is 2.65. The molecule has 74 valence electrons. The van der Waals surface area contributed by atoms with Gasteiger partial charge in [0.2, 0.25) is 0 Å². The van der Waals surface area contributed by atoms with Crippen molar-refractivity contribution in [2.24, 2.45) is 0 Å². The van der Waals surface area contributed by atoms with E-state index in [0.29, 0.717) is 0 Å². The first kappa shape index (κ1) is 9.15. The zero-order chi connectivity index (χ0) is 10.1. The summed E-state index contributed by atoms with van der Waals surface area (Å²) in [6.45, 7) is 2.98. The molecule has 0 saturated heterocycles. The van der Waals surface area contributed by atoms with Crippen molar-refractivity contribution < 1.29 is 4.92 Å². The Hall–Kier alpha value is -1.42. The van der Waals surface area contributed by atoms with Gasteiger partial charge in [0.1, 0.15) is 0 Å². The number of nitrogens with zero attached hydrogens (tertiary/aromatic N) is 1. The molecule has 0 radical (unpaired) electrons. The van der Waals surface area contributed by atoms with E-state index in [1.807, 2.05) is 13.0 Å². The van der Waals surface area contributed by atoms with Gasteiger partial charge in [0.25, 0.3) is 5.69 Å². The van der Waals surface area contributed by atoms with Crippen LogP contribution in [0.15, 0.2) is 18.2 Å². The van der Waals surface area contributed by atoms with Crippen LogP contribution in [0.5, 0.6) is 0 Å². The molecule has 1 aliphatic rings. The lowest BCUT2D eigenvalue weighted by molar-refractivity contribution is -0.385. The third kappa shape index (κ3) is 1.48. The average molecular weight is 192 g/mol. The van der Waals surface area contributed by atoms with Gasteiger partial charge >= 0.3 is 0 Å². The highest BCUT2D eigenvalue weighted by Crippen LogP contribution is 2.26. The van der Waals surface area contributed by atoms with Gasteiger partial charge in [-0.1, -0.05) is 6.07 Å². The average Bonchev–Trinajstić information content (AvgIpc) is 2.18. The van der Waals surface area contributed by atoms with Gasteiger partial charge in [-0.05, 0) is 31.0 Å².